The highest BCUT2D eigenvalue weighted by molar-refractivity contribution is 5.77. The molecular weight excluding hydrogens is 429 g/mol. The molecule has 2 saturated heterocycles. The molecular formula is C22H29F3N2O5. The lowest BCUT2D eigenvalue weighted by Crippen LogP contribution is -2.31. The monoisotopic (exact) mass is 458 g/mol. The van der Waals surface area contributed by atoms with Gasteiger partial charge in [-0.25, -0.2) is 4.79 Å². The smallest absolute Gasteiger partial charge is 0.475 e. The maximum Gasteiger partial charge on any atom is 0.490 e. The Labute approximate surface area is 184 Å². The van der Waals surface area contributed by atoms with Crippen LogP contribution >= 0.6 is 0 Å². The number of carboxylic acid groups (broad SMARTS) is 1. The van der Waals surface area contributed by atoms with Gasteiger partial charge in [-0.3, -0.25) is 9.69 Å². The molecule has 1 aromatic carbocycles. The van der Waals surface area contributed by atoms with Crippen LogP contribution in [0.4, 0.5) is 13.2 Å². The lowest BCUT2D eigenvalue weighted by Gasteiger charge is -2.19. The first kappa shape index (κ1) is 24.5. The summed E-state index contributed by atoms with van der Waals surface area (Å²) in [6, 6.07) is 10.7. The van der Waals surface area contributed by atoms with E-state index in [0.717, 1.165) is 45.5 Å². The minimum Gasteiger partial charge on any atom is -0.475 e. The number of alkyl halides is 3. The fourth-order valence-corrected chi connectivity index (χ4v) is 3.94. The van der Waals surface area contributed by atoms with Gasteiger partial charge >= 0.3 is 12.1 Å². The summed E-state index contributed by atoms with van der Waals surface area (Å²) in [6.07, 6.45) is -0.834. The number of nitrogens with zero attached hydrogens (tertiary/aromatic N) is 1. The van der Waals surface area contributed by atoms with Crippen LogP contribution in [0.1, 0.15) is 31.2 Å². The number of benzene rings is 1. The zero-order chi connectivity index (χ0) is 23.1. The third kappa shape index (κ3) is 8.07. The topological polar surface area (TPSA) is 88.1 Å². The van der Waals surface area contributed by atoms with Crippen LogP contribution in [0.5, 0.6) is 0 Å². The SMILES string of the molecule is O=C(C[C@H]1C[C@H]2CN(CCOCc3ccccc3)C[C@H]2O1)NC1CC1.O=C(O)C(F)(F)F. The second-order valence-electron chi connectivity index (χ2n) is 8.44. The van der Waals surface area contributed by atoms with E-state index in [9.17, 15) is 18.0 Å². The van der Waals surface area contributed by atoms with Crippen molar-refractivity contribution in [1.29, 1.82) is 0 Å². The number of hydrogen-bond donors (Lipinski definition) is 2. The number of nitrogens with one attached hydrogen (secondary N) is 1. The van der Waals surface area contributed by atoms with Crippen molar-refractivity contribution < 1.29 is 37.3 Å². The average Bonchev–Trinajstić information content (AvgIpc) is 3.34. The quantitative estimate of drug-likeness (QED) is 0.583. The molecule has 2 heterocycles. The minimum absolute atomic E-state index is 0.116. The molecule has 1 saturated carbocycles. The Hall–Kier alpha value is -2.17. The molecule has 0 bridgehead atoms. The molecule has 3 atom stereocenters. The number of ether oxygens (including phenoxy) is 2. The van der Waals surface area contributed by atoms with Crippen molar-refractivity contribution in [2.45, 2.75) is 56.7 Å². The van der Waals surface area contributed by atoms with Gasteiger partial charge in [-0.05, 0) is 24.8 Å². The molecule has 32 heavy (non-hydrogen) atoms. The van der Waals surface area contributed by atoms with Crippen LogP contribution in [0.15, 0.2) is 30.3 Å². The first-order valence-electron chi connectivity index (χ1n) is 10.8. The number of halogens is 3. The Morgan fingerprint density at radius 1 is 1.19 bits per heavy atom. The van der Waals surface area contributed by atoms with E-state index in [1.54, 1.807) is 0 Å². The lowest BCUT2D eigenvalue weighted by molar-refractivity contribution is -0.192. The summed E-state index contributed by atoms with van der Waals surface area (Å²) in [5.41, 5.74) is 1.22. The summed E-state index contributed by atoms with van der Waals surface area (Å²) >= 11 is 0. The van der Waals surface area contributed by atoms with Crippen molar-refractivity contribution in [2.75, 3.05) is 26.2 Å². The number of likely N-dealkylation sites (tertiary alicyclic amines) is 1. The number of hydrogen-bond acceptors (Lipinski definition) is 5. The van der Waals surface area contributed by atoms with Gasteiger partial charge in [-0.2, -0.15) is 13.2 Å². The summed E-state index contributed by atoms with van der Waals surface area (Å²) in [5, 5.41) is 10.2. The van der Waals surface area contributed by atoms with E-state index in [1.165, 1.54) is 5.56 Å². The standard InChI is InChI=1S/C20H28N2O3.C2HF3O2/c23-20(21-17-6-7-17)11-18-10-16-12-22(13-19(16)25-18)8-9-24-14-15-4-2-1-3-5-15;3-2(4,5)1(6)7/h1-5,16-19H,6-14H2,(H,21,23);(H,6,7)/t16-,18+,19+;/m0./s1. The van der Waals surface area contributed by atoms with Gasteiger partial charge in [0.15, 0.2) is 0 Å². The summed E-state index contributed by atoms with van der Waals surface area (Å²) in [4.78, 5) is 23.2. The van der Waals surface area contributed by atoms with Gasteiger partial charge in [-0.15, -0.1) is 0 Å². The summed E-state index contributed by atoms with van der Waals surface area (Å²) in [7, 11) is 0. The predicted octanol–water partition coefficient (Wildman–Crippen LogP) is 2.59. The van der Waals surface area contributed by atoms with Gasteiger partial charge in [0, 0.05) is 31.6 Å². The van der Waals surface area contributed by atoms with Crippen LogP contribution in [0.3, 0.4) is 0 Å². The van der Waals surface area contributed by atoms with E-state index in [2.05, 4.69) is 22.3 Å². The first-order valence-corrected chi connectivity index (χ1v) is 10.8. The highest BCUT2D eigenvalue weighted by Gasteiger charge is 2.42. The van der Waals surface area contributed by atoms with Crippen molar-refractivity contribution in [3.05, 3.63) is 35.9 Å². The first-order chi connectivity index (χ1) is 15.2. The van der Waals surface area contributed by atoms with Gasteiger partial charge in [0.05, 0.1) is 31.8 Å². The third-order valence-corrected chi connectivity index (χ3v) is 5.65. The maximum atomic E-state index is 11.9. The Morgan fingerprint density at radius 3 is 2.47 bits per heavy atom. The molecule has 3 fully saturated rings. The second kappa shape index (κ2) is 11.1. The van der Waals surface area contributed by atoms with Crippen molar-refractivity contribution in [2.24, 2.45) is 5.92 Å². The molecule has 4 rings (SSSR count). The van der Waals surface area contributed by atoms with Crippen LogP contribution in [0, 0.1) is 5.92 Å². The molecule has 3 aliphatic rings. The molecule has 1 aromatic rings. The summed E-state index contributed by atoms with van der Waals surface area (Å²) in [5.74, 6) is -2.01. The Morgan fingerprint density at radius 2 is 1.88 bits per heavy atom. The predicted molar refractivity (Wildman–Crippen MR) is 109 cm³/mol. The van der Waals surface area contributed by atoms with E-state index in [4.69, 9.17) is 19.4 Å². The van der Waals surface area contributed by atoms with Gasteiger partial charge in [0.25, 0.3) is 0 Å². The molecule has 2 aliphatic heterocycles. The normalized spacial score (nSPS) is 25.0. The zero-order valence-corrected chi connectivity index (χ0v) is 17.7. The number of aliphatic carboxylic acids is 1. The molecule has 0 unspecified atom stereocenters. The Bertz CT molecular complexity index is 744. The largest absolute Gasteiger partial charge is 0.490 e. The fourth-order valence-electron chi connectivity index (χ4n) is 3.94. The van der Waals surface area contributed by atoms with E-state index < -0.39 is 12.1 Å². The van der Waals surface area contributed by atoms with Crippen molar-refractivity contribution in [1.82, 2.24) is 10.2 Å². The summed E-state index contributed by atoms with van der Waals surface area (Å²) in [6.45, 7) is 4.42. The van der Waals surface area contributed by atoms with E-state index in [0.29, 0.717) is 31.1 Å². The van der Waals surface area contributed by atoms with Crippen LogP contribution in [-0.2, 0) is 25.7 Å². The minimum atomic E-state index is -5.08. The third-order valence-electron chi connectivity index (χ3n) is 5.65. The zero-order valence-electron chi connectivity index (χ0n) is 17.7. The Kier molecular flexibility index (Phi) is 8.50. The van der Waals surface area contributed by atoms with Crippen LogP contribution in [0.2, 0.25) is 0 Å². The van der Waals surface area contributed by atoms with Gasteiger partial charge in [-0.1, -0.05) is 30.3 Å². The van der Waals surface area contributed by atoms with Crippen LogP contribution in [0.25, 0.3) is 0 Å². The number of amides is 1. The van der Waals surface area contributed by atoms with Crippen LogP contribution in [-0.4, -0.2) is 72.6 Å². The molecule has 2 N–H and O–H groups in total. The number of rotatable bonds is 8. The molecule has 1 aliphatic carbocycles. The van der Waals surface area contributed by atoms with E-state index >= 15 is 0 Å². The number of carbonyl (C=O) groups is 2. The highest BCUT2D eigenvalue weighted by atomic mass is 19.4. The van der Waals surface area contributed by atoms with E-state index in [-0.39, 0.29) is 12.0 Å². The maximum absolute atomic E-state index is 11.9. The average molecular weight is 458 g/mol. The van der Waals surface area contributed by atoms with Crippen molar-refractivity contribution in [3.63, 3.8) is 0 Å². The van der Waals surface area contributed by atoms with Crippen molar-refractivity contribution in [3.8, 4) is 0 Å². The molecule has 178 valence electrons. The van der Waals surface area contributed by atoms with E-state index in [1.807, 2.05) is 18.2 Å². The lowest BCUT2D eigenvalue weighted by atomic mass is 10.0. The second-order valence-corrected chi connectivity index (χ2v) is 8.44. The van der Waals surface area contributed by atoms with Gasteiger partial charge in [0.2, 0.25) is 5.91 Å². The molecule has 0 spiro atoms. The molecule has 1 amide bonds. The van der Waals surface area contributed by atoms with Crippen molar-refractivity contribution >= 4 is 11.9 Å². The molecule has 0 radical (unpaired) electrons. The van der Waals surface area contributed by atoms with Gasteiger partial charge < -0.3 is 19.9 Å². The van der Waals surface area contributed by atoms with Crippen LogP contribution < -0.4 is 5.32 Å². The molecule has 10 heteroatoms. The molecule has 7 nitrogen and oxygen atoms in total. The number of carbonyl (C=O) groups excluding carboxylic acids is 1. The highest BCUT2D eigenvalue weighted by Crippen LogP contribution is 2.34. The fraction of sp³-hybridized carbons (Fsp3) is 0.636. The summed E-state index contributed by atoms with van der Waals surface area (Å²) < 4.78 is 43.6. The molecule has 0 aromatic heterocycles. The number of fused-ring (bicyclic) bond motifs is 1. The Balaban J connectivity index is 0.000000360. The van der Waals surface area contributed by atoms with Gasteiger partial charge in [0.1, 0.15) is 0 Å². The number of carboxylic acids is 1.